The van der Waals surface area contributed by atoms with Crippen LogP contribution in [-0.4, -0.2) is 50.6 Å². The van der Waals surface area contributed by atoms with Crippen LogP contribution in [0, 0.1) is 5.92 Å². The molecule has 0 unspecified atom stereocenters. The van der Waals surface area contributed by atoms with Crippen LogP contribution >= 0.6 is 0 Å². The van der Waals surface area contributed by atoms with Crippen LogP contribution < -0.4 is 9.80 Å². The second-order valence-corrected chi connectivity index (χ2v) is 6.30. The van der Waals surface area contributed by atoms with E-state index in [1.165, 1.54) is 5.69 Å². The Morgan fingerprint density at radius 3 is 2.38 bits per heavy atom. The molecule has 0 N–H and O–H groups in total. The highest BCUT2D eigenvalue weighted by Crippen LogP contribution is 2.30. The Hall–Kier alpha value is -1.55. The number of carbonyl (C=O) groups excluding carboxylic acids is 1. The smallest absolute Gasteiger partial charge is 0.223 e. The molecule has 2 rings (SSSR count). The van der Waals surface area contributed by atoms with Gasteiger partial charge < -0.3 is 14.7 Å². The molecular weight excluding hydrogens is 262 g/mol. The quantitative estimate of drug-likeness (QED) is 0.852. The number of para-hydroxylation sites is 2. The molecule has 1 aliphatic rings. The molecule has 21 heavy (non-hydrogen) atoms. The van der Waals surface area contributed by atoms with Gasteiger partial charge in [0.25, 0.3) is 0 Å². The fourth-order valence-electron chi connectivity index (χ4n) is 2.77. The number of hydrogen-bond acceptors (Lipinski definition) is 3. The van der Waals surface area contributed by atoms with E-state index in [0.29, 0.717) is 5.92 Å². The van der Waals surface area contributed by atoms with Crippen molar-refractivity contribution in [2.45, 2.75) is 20.8 Å². The molecular formula is C17H27N3O. The number of anilines is 2. The van der Waals surface area contributed by atoms with Crippen molar-refractivity contribution < 1.29 is 4.79 Å². The highest BCUT2D eigenvalue weighted by Gasteiger charge is 2.21. The van der Waals surface area contributed by atoms with E-state index in [4.69, 9.17) is 0 Å². The van der Waals surface area contributed by atoms with Gasteiger partial charge in [0.05, 0.1) is 11.4 Å². The van der Waals surface area contributed by atoms with E-state index in [1.54, 1.807) is 6.92 Å². The number of hydrogen-bond donors (Lipinski definition) is 0. The molecule has 116 valence electrons. The number of nitrogens with zero attached hydrogens (tertiary/aromatic N) is 3. The van der Waals surface area contributed by atoms with Crippen molar-refractivity contribution in [3.05, 3.63) is 24.3 Å². The van der Waals surface area contributed by atoms with Crippen molar-refractivity contribution in [3.8, 4) is 0 Å². The zero-order valence-corrected chi connectivity index (χ0v) is 13.7. The lowest BCUT2D eigenvalue weighted by atomic mass is 10.1. The summed E-state index contributed by atoms with van der Waals surface area (Å²) in [5.41, 5.74) is 2.23. The lowest BCUT2D eigenvalue weighted by Crippen LogP contribution is -2.45. The Balaban J connectivity index is 2.28. The van der Waals surface area contributed by atoms with Crippen LogP contribution in [0.2, 0.25) is 0 Å². The van der Waals surface area contributed by atoms with Gasteiger partial charge in [-0.2, -0.15) is 0 Å². The SMILES string of the molecule is CC(=O)N(CC(C)C)c1ccccc1N1CCN(C)CC1. The molecule has 1 aliphatic heterocycles. The maximum Gasteiger partial charge on any atom is 0.223 e. The van der Waals surface area contributed by atoms with E-state index in [9.17, 15) is 4.79 Å². The molecule has 1 aromatic rings. The van der Waals surface area contributed by atoms with Crippen LogP contribution in [0.3, 0.4) is 0 Å². The van der Waals surface area contributed by atoms with Crippen molar-refractivity contribution in [3.63, 3.8) is 0 Å². The summed E-state index contributed by atoms with van der Waals surface area (Å²) in [7, 11) is 2.16. The molecule has 0 saturated carbocycles. The second-order valence-electron chi connectivity index (χ2n) is 6.30. The summed E-state index contributed by atoms with van der Waals surface area (Å²) in [5.74, 6) is 0.569. The Bertz CT molecular complexity index is 479. The van der Waals surface area contributed by atoms with Gasteiger partial charge in [0.15, 0.2) is 0 Å². The minimum Gasteiger partial charge on any atom is -0.367 e. The molecule has 1 amide bonds. The van der Waals surface area contributed by atoms with Crippen LogP contribution in [0.25, 0.3) is 0 Å². The molecule has 1 saturated heterocycles. The number of likely N-dealkylation sites (N-methyl/N-ethyl adjacent to an activating group) is 1. The van der Waals surface area contributed by atoms with E-state index in [2.05, 4.69) is 48.9 Å². The molecule has 0 atom stereocenters. The summed E-state index contributed by atoms with van der Waals surface area (Å²) < 4.78 is 0. The maximum absolute atomic E-state index is 12.1. The molecule has 1 fully saturated rings. The van der Waals surface area contributed by atoms with E-state index in [0.717, 1.165) is 38.4 Å². The maximum atomic E-state index is 12.1. The van der Waals surface area contributed by atoms with Crippen LogP contribution in [-0.2, 0) is 4.79 Å². The first-order valence-corrected chi connectivity index (χ1v) is 7.79. The predicted octanol–water partition coefficient (Wildman–Crippen LogP) is 2.45. The van der Waals surface area contributed by atoms with Gasteiger partial charge in [-0.25, -0.2) is 0 Å². The summed E-state index contributed by atoms with van der Waals surface area (Å²) in [4.78, 5) is 18.7. The molecule has 0 bridgehead atoms. The van der Waals surface area contributed by atoms with Crippen molar-refractivity contribution >= 4 is 17.3 Å². The van der Waals surface area contributed by atoms with E-state index >= 15 is 0 Å². The molecule has 4 heteroatoms. The van der Waals surface area contributed by atoms with Gasteiger partial charge in [0.1, 0.15) is 0 Å². The predicted molar refractivity (Wildman–Crippen MR) is 89.0 cm³/mol. The van der Waals surface area contributed by atoms with E-state index in [1.807, 2.05) is 11.0 Å². The van der Waals surface area contributed by atoms with Crippen molar-refractivity contribution in [1.29, 1.82) is 0 Å². The molecule has 0 radical (unpaired) electrons. The van der Waals surface area contributed by atoms with Crippen molar-refractivity contribution in [1.82, 2.24) is 4.90 Å². The number of carbonyl (C=O) groups is 1. The van der Waals surface area contributed by atoms with Crippen molar-refractivity contribution in [2.24, 2.45) is 5.92 Å². The zero-order valence-electron chi connectivity index (χ0n) is 13.7. The van der Waals surface area contributed by atoms with E-state index in [-0.39, 0.29) is 5.91 Å². The third-order valence-electron chi connectivity index (χ3n) is 3.94. The molecule has 1 aromatic carbocycles. The first kappa shape index (κ1) is 15.8. The Kier molecular flexibility index (Phi) is 5.23. The van der Waals surface area contributed by atoms with Crippen molar-refractivity contribution in [2.75, 3.05) is 49.6 Å². The lowest BCUT2D eigenvalue weighted by Gasteiger charge is -2.37. The average Bonchev–Trinajstić information content (AvgIpc) is 2.45. The summed E-state index contributed by atoms with van der Waals surface area (Å²) in [6.07, 6.45) is 0. The van der Waals surface area contributed by atoms with Gasteiger partial charge in [-0.05, 0) is 25.1 Å². The second kappa shape index (κ2) is 6.94. The van der Waals surface area contributed by atoms with E-state index < -0.39 is 0 Å². The zero-order chi connectivity index (χ0) is 15.4. The lowest BCUT2D eigenvalue weighted by molar-refractivity contribution is -0.116. The van der Waals surface area contributed by atoms with Crippen LogP contribution in [0.15, 0.2) is 24.3 Å². The minimum atomic E-state index is 0.116. The summed E-state index contributed by atoms with van der Waals surface area (Å²) >= 11 is 0. The van der Waals surface area contributed by atoms with Gasteiger partial charge in [0, 0.05) is 39.6 Å². The number of rotatable bonds is 4. The fourth-order valence-corrected chi connectivity index (χ4v) is 2.77. The van der Waals surface area contributed by atoms with Crippen LogP contribution in [0.1, 0.15) is 20.8 Å². The van der Waals surface area contributed by atoms with Gasteiger partial charge in [-0.15, -0.1) is 0 Å². The van der Waals surface area contributed by atoms with Gasteiger partial charge in [0.2, 0.25) is 5.91 Å². The highest BCUT2D eigenvalue weighted by atomic mass is 16.2. The molecule has 0 aromatic heterocycles. The van der Waals surface area contributed by atoms with Gasteiger partial charge in [-0.1, -0.05) is 26.0 Å². The molecule has 0 spiro atoms. The standard InChI is InChI=1S/C17H27N3O/c1-14(2)13-20(15(3)21)17-8-6-5-7-16(17)19-11-9-18(4)10-12-19/h5-8,14H,9-13H2,1-4H3. The first-order chi connectivity index (χ1) is 9.99. The van der Waals surface area contributed by atoms with Crippen LogP contribution in [0.5, 0.6) is 0 Å². The third-order valence-corrected chi connectivity index (χ3v) is 3.94. The normalized spacial score (nSPS) is 16.3. The first-order valence-electron chi connectivity index (χ1n) is 7.79. The fraction of sp³-hybridized carbons (Fsp3) is 0.588. The third kappa shape index (κ3) is 3.97. The largest absolute Gasteiger partial charge is 0.367 e. The monoisotopic (exact) mass is 289 g/mol. The highest BCUT2D eigenvalue weighted by molar-refractivity contribution is 5.95. The number of amides is 1. The van der Waals surface area contributed by atoms with Gasteiger partial charge >= 0.3 is 0 Å². The summed E-state index contributed by atoms with van der Waals surface area (Å²) in [5, 5.41) is 0. The molecule has 4 nitrogen and oxygen atoms in total. The minimum absolute atomic E-state index is 0.116. The Labute approximate surface area is 128 Å². The summed E-state index contributed by atoms with van der Waals surface area (Å²) in [6.45, 7) is 10.9. The van der Waals surface area contributed by atoms with Gasteiger partial charge in [-0.3, -0.25) is 4.79 Å². The number of benzene rings is 1. The summed E-state index contributed by atoms with van der Waals surface area (Å²) in [6, 6.07) is 8.28. The average molecular weight is 289 g/mol. The topological polar surface area (TPSA) is 26.8 Å². The van der Waals surface area contributed by atoms with Crippen LogP contribution in [0.4, 0.5) is 11.4 Å². The Morgan fingerprint density at radius 1 is 1.19 bits per heavy atom. The molecule has 1 heterocycles. The Morgan fingerprint density at radius 2 is 1.81 bits per heavy atom. The molecule has 0 aliphatic carbocycles. The number of piperazine rings is 1.